The van der Waals surface area contributed by atoms with Gasteiger partial charge in [0, 0.05) is 45.2 Å². The summed E-state index contributed by atoms with van der Waals surface area (Å²) in [5.41, 5.74) is 11.9. The molecule has 1 aliphatic carbocycles. The van der Waals surface area contributed by atoms with E-state index in [1.165, 1.54) is 71.6 Å². The molecule has 5 aromatic carbocycles. The molecule has 0 fully saturated rings. The molecule has 7 aromatic rings. The Bertz CT molecular complexity index is 1980. The summed E-state index contributed by atoms with van der Waals surface area (Å²) in [4.78, 5) is 0. The summed E-state index contributed by atoms with van der Waals surface area (Å²) in [5.74, 6) is 0. The maximum Gasteiger partial charge on any atom is 0.0541 e. The van der Waals surface area contributed by atoms with E-state index in [2.05, 4.69) is 133 Å². The third kappa shape index (κ3) is 2.32. The minimum atomic E-state index is -0.0385. The lowest BCUT2D eigenvalue weighted by atomic mass is 9.81. The van der Waals surface area contributed by atoms with Gasteiger partial charge in [-0.05, 0) is 52.6 Å². The number of aryl methyl sites for hydroxylation is 1. The second-order valence-corrected chi connectivity index (χ2v) is 10.7. The Morgan fingerprint density at radius 1 is 0.556 bits per heavy atom. The third-order valence-corrected chi connectivity index (χ3v) is 8.50. The first-order valence-electron chi connectivity index (χ1n) is 12.7. The first-order chi connectivity index (χ1) is 17.6. The first-order valence-corrected chi connectivity index (χ1v) is 12.7. The molecule has 0 aliphatic heterocycles. The van der Waals surface area contributed by atoms with Crippen LogP contribution in [0.25, 0.3) is 60.4 Å². The van der Waals surface area contributed by atoms with Crippen molar-refractivity contribution in [2.45, 2.75) is 19.3 Å². The lowest BCUT2D eigenvalue weighted by Gasteiger charge is -2.23. The van der Waals surface area contributed by atoms with Crippen molar-refractivity contribution in [1.82, 2.24) is 9.13 Å². The van der Waals surface area contributed by atoms with Crippen molar-refractivity contribution in [3.05, 3.63) is 114 Å². The van der Waals surface area contributed by atoms with Crippen LogP contribution in [0.3, 0.4) is 0 Å². The van der Waals surface area contributed by atoms with Crippen molar-refractivity contribution >= 4 is 43.6 Å². The second-order valence-electron chi connectivity index (χ2n) is 10.7. The molecule has 2 aromatic heterocycles. The summed E-state index contributed by atoms with van der Waals surface area (Å²) in [6.07, 6.45) is 0. The van der Waals surface area contributed by atoms with Crippen LogP contribution in [0.1, 0.15) is 25.0 Å². The largest absolute Gasteiger partial charge is 0.343 e. The van der Waals surface area contributed by atoms with Gasteiger partial charge in [0.15, 0.2) is 0 Å². The summed E-state index contributed by atoms with van der Waals surface area (Å²) in [6, 6.07) is 38.0. The van der Waals surface area contributed by atoms with Gasteiger partial charge >= 0.3 is 0 Å². The average Bonchev–Trinajstić information content (AvgIpc) is 3.48. The smallest absolute Gasteiger partial charge is 0.0541 e. The molecule has 0 amide bonds. The van der Waals surface area contributed by atoms with Crippen LogP contribution in [0, 0.1) is 0 Å². The normalized spacial score (nSPS) is 14.2. The average molecular weight is 463 g/mol. The van der Waals surface area contributed by atoms with E-state index in [1.807, 2.05) is 0 Å². The molecule has 0 saturated carbocycles. The molecule has 1 aliphatic rings. The standard InChI is InChI=1S/C34H26N2/c1-34(2)28-13-7-4-10-22(28)25-17-18-26-27-20-21(16-19-29(27)35(3)33(26)32(25)34)36-30-14-8-5-11-23(30)24-12-6-9-15-31(24)36/h4-20H,1-3H3. The molecule has 0 bridgehead atoms. The molecule has 172 valence electrons. The monoisotopic (exact) mass is 462 g/mol. The Balaban J connectivity index is 1.46. The van der Waals surface area contributed by atoms with E-state index in [0.717, 1.165) is 0 Å². The van der Waals surface area contributed by atoms with Crippen LogP contribution in [0.2, 0.25) is 0 Å². The van der Waals surface area contributed by atoms with Gasteiger partial charge in [0.05, 0.1) is 16.6 Å². The van der Waals surface area contributed by atoms with Gasteiger partial charge in [-0.3, -0.25) is 0 Å². The molecule has 2 heterocycles. The zero-order chi connectivity index (χ0) is 24.2. The third-order valence-electron chi connectivity index (χ3n) is 8.50. The van der Waals surface area contributed by atoms with Crippen molar-refractivity contribution in [2.24, 2.45) is 7.05 Å². The predicted octanol–water partition coefficient (Wildman–Crippen LogP) is 8.73. The van der Waals surface area contributed by atoms with Gasteiger partial charge in [0.1, 0.15) is 0 Å². The minimum absolute atomic E-state index is 0.0385. The molecule has 0 atom stereocenters. The van der Waals surface area contributed by atoms with Crippen molar-refractivity contribution in [1.29, 1.82) is 0 Å². The Hall–Kier alpha value is -4.30. The van der Waals surface area contributed by atoms with Crippen LogP contribution in [-0.4, -0.2) is 9.13 Å². The fourth-order valence-corrected chi connectivity index (χ4v) is 6.90. The fourth-order valence-electron chi connectivity index (χ4n) is 6.90. The minimum Gasteiger partial charge on any atom is -0.343 e. The molecule has 36 heavy (non-hydrogen) atoms. The van der Waals surface area contributed by atoms with E-state index in [1.54, 1.807) is 0 Å². The molecule has 8 rings (SSSR count). The Morgan fingerprint density at radius 3 is 1.97 bits per heavy atom. The van der Waals surface area contributed by atoms with Gasteiger partial charge in [-0.1, -0.05) is 86.6 Å². The number of nitrogens with zero attached hydrogens (tertiary/aromatic N) is 2. The van der Waals surface area contributed by atoms with Crippen LogP contribution in [0.5, 0.6) is 0 Å². The van der Waals surface area contributed by atoms with Gasteiger partial charge in [0.25, 0.3) is 0 Å². The van der Waals surface area contributed by atoms with Crippen molar-refractivity contribution in [3.8, 4) is 16.8 Å². The van der Waals surface area contributed by atoms with Gasteiger partial charge in [0.2, 0.25) is 0 Å². The number of para-hydroxylation sites is 2. The highest BCUT2D eigenvalue weighted by molar-refractivity contribution is 6.13. The lowest BCUT2D eigenvalue weighted by molar-refractivity contribution is 0.662. The van der Waals surface area contributed by atoms with Gasteiger partial charge < -0.3 is 9.13 Å². The van der Waals surface area contributed by atoms with Gasteiger partial charge in [-0.2, -0.15) is 0 Å². The van der Waals surface area contributed by atoms with E-state index in [-0.39, 0.29) is 5.41 Å². The molecular weight excluding hydrogens is 436 g/mol. The molecule has 2 heteroatoms. The van der Waals surface area contributed by atoms with Crippen LogP contribution >= 0.6 is 0 Å². The highest BCUT2D eigenvalue weighted by Crippen LogP contribution is 2.52. The van der Waals surface area contributed by atoms with E-state index in [0.29, 0.717) is 0 Å². The number of hydrogen-bond donors (Lipinski definition) is 0. The number of hydrogen-bond acceptors (Lipinski definition) is 0. The number of benzene rings is 5. The Labute approximate surface area is 210 Å². The summed E-state index contributed by atoms with van der Waals surface area (Å²) < 4.78 is 4.82. The Kier molecular flexibility index (Phi) is 3.70. The molecule has 0 spiro atoms. The first kappa shape index (κ1) is 19.9. The highest BCUT2D eigenvalue weighted by atomic mass is 15.0. The summed E-state index contributed by atoms with van der Waals surface area (Å²) in [6.45, 7) is 4.75. The molecular formula is C34H26N2. The topological polar surface area (TPSA) is 9.86 Å². The molecule has 0 unspecified atom stereocenters. The van der Waals surface area contributed by atoms with Crippen LogP contribution in [-0.2, 0) is 12.5 Å². The summed E-state index contributed by atoms with van der Waals surface area (Å²) in [5, 5.41) is 5.23. The zero-order valence-corrected chi connectivity index (χ0v) is 20.7. The molecule has 0 radical (unpaired) electrons. The van der Waals surface area contributed by atoms with Crippen LogP contribution in [0.4, 0.5) is 0 Å². The fraction of sp³-hybridized carbons (Fsp3) is 0.118. The SMILES string of the molecule is Cn1c2ccc(-n3c4ccccc4c4ccccc43)cc2c2ccc3c(c21)C(C)(C)c1ccccc1-3. The summed E-state index contributed by atoms with van der Waals surface area (Å²) in [7, 11) is 2.23. The number of fused-ring (bicyclic) bond motifs is 10. The van der Waals surface area contributed by atoms with E-state index in [4.69, 9.17) is 0 Å². The maximum absolute atomic E-state index is 2.41. The van der Waals surface area contributed by atoms with Crippen molar-refractivity contribution in [2.75, 3.05) is 0 Å². The lowest BCUT2D eigenvalue weighted by Crippen LogP contribution is -2.16. The van der Waals surface area contributed by atoms with Gasteiger partial charge in [-0.15, -0.1) is 0 Å². The number of aromatic nitrogens is 2. The quantitative estimate of drug-likeness (QED) is 0.231. The summed E-state index contributed by atoms with van der Waals surface area (Å²) >= 11 is 0. The molecule has 0 N–H and O–H groups in total. The highest BCUT2D eigenvalue weighted by Gasteiger charge is 2.37. The van der Waals surface area contributed by atoms with E-state index >= 15 is 0 Å². The molecule has 0 saturated heterocycles. The Morgan fingerprint density at radius 2 is 1.22 bits per heavy atom. The maximum atomic E-state index is 2.41. The molecule has 2 nitrogen and oxygen atoms in total. The van der Waals surface area contributed by atoms with Crippen molar-refractivity contribution in [3.63, 3.8) is 0 Å². The zero-order valence-electron chi connectivity index (χ0n) is 20.7. The van der Waals surface area contributed by atoms with Gasteiger partial charge in [-0.25, -0.2) is 0 Å². The van der Waals surface area contributed by atoms with Crippen LogP contribution in [0.15, 0.2) is 103 Å². The van der Waals surface area contributed by atoms with E-state index < -0.39 is 0 Å². The number of rotatable bonds is 1. The van der Waals surface area contributed by atoms with Crippen molar-refractivity contribution < 1.29 is 0 Å². The predicted molar refractivity (Wildman–Crippen MR) is 152 cm³/mol. The van der Waals surface area contributed by atoms with E-state index in [9.17, 15) is 0 Å². The second kappa shape index (κ2) is 6.67. The van der Waals surface area contributed by atoms with Crippen LogP contribution < -0.4 is 0 Å².